The molecule has 1 aromatic rings. The average Bonchev–Trinajstić information content (AvgIpc) is 2.27. The molecule has 0 radical (unpaired) electrons. The maximum Gasteiger partial charge on any atom is 0.292 e. The molecule has 0 fully saturated rings. The van der Waals surface area contributed by atoms with Gasteiger partial charge in [-0.25, -0.2) is 0 Å². The predicted octanol–water partition coefficient (Wildman–Crippen LogP) is 2.79. The summed E-state index contributed by atoms with van der Waals surface area (Å²) in [6.07, 6.45) is 0. The first kappa shape index (κ1) is 13.9. The Kier molecular flexibility index (Phi) is 4.89. The first-order chi connectivity index (χ1) is 7.95. The van der Waals surface area contributed by atoms with Gasteiger partial charge in [0.15, 0.2) is 0 Å². The quantitative estimate of drug-likeness (QED) is 0.648. The summed E-state index contributed by atoms with van der Waals surface area (Å²) in [5.41, 5.74) is 0.488. The van der Waals surface area contributed by atoms with Crippen LogP contribution in [0.3, 0.4) is 0 Å². The lowest BCUT2D eigenvalue weighted by molar-refractivity contribution is -0.384. The molecule has 2 N–H and O–H groups in total. The molecule has 1 rings (SSSR count). The third-order valence-corrected chi connectivity index (χ3v) is 3.17. The molecule has 6 heteroatoms. The number of nitrogens with one attached hydrogen (secondary N) is 1. The molecule has 2 unspecified atom stereocenters. The highest BCUT2D eigenvalue weighted by Gasteiger charge is 2.18. The molecule has 0 saturated carbocycles. The van der Waals surface area contributed by atoms with Crippen molar-refractivity contribution in [3.63, 3.8) is 0 Å². The number of hydrogen-bond donors (Lipinski definition) is 2. The summed E-state index contributed by atoms with van der Waals surface area (Å²) in [6.45, 7) is 3.79. The monoisotopic (exact) mass is 302 g/mol. The summed E-state index contributed by atoms with van der Waals surface area (Å²) < 4.78 is 0.773. The Bertz CT molecular complexity index is 412. The van der Waals surface area contributed by atoms with Crippen molar-refractivity contribution in [2.45, 2.75) is 19.9 Å². The van der Waals surface area contributed by atoms with E-state index in [1.807, 2.05) is 13.8 Å². The van der Waals surface area contributed by atoms with Crippen LogP contribution >= 0.6 is 15.9 Å². The van der Waals surface area contributed by atoms with Gasteiger partial charge in [0.2, 0.25) is 0 Å². The van der Waals surface area contributed by atoms with Gasteiger partial charge in [-0.05, 0) is 25.0 Å². The Morgan fingerprint density at radius 1 is 1.53 bits per heavy atom. The van der Waals surface area contributed by atoms with Crippen LogP contribution in [0.15, 0.2) is 22.7 Å². The molecule has 0 aromatic heterocycles. The zero-order valence-corrected chi connectivity index (χ0v) is 11.3. The second-order valence-electron chi connectivity index (χ2n) is 4.01. The number of hydrogen-bond acceptors (Lipinski definition) is 4. The van der Waals surface area contributed by atoms with Gasteiger partial charge in [-0.3, -0.25) is 10.1 Å². The van der Waals surface area contributed by atoms with Crippen molar-refractivity contribution < 1.29 is 10.0 Å². The Hall–Kier alpha value is -1.14. The average molecular weight is 303 g/mol. The molecule has 94 valence electrons. The number of nitrogens with zero attached hydrogens (tertiary/aromatic N) is 1. The molecule has 5 nitrogen and oxygen atoms in total. The van der Waals surface area contributed by atoms with Crippen LogP contribution < -0.4 is 5.32 Å². The van der Waals surface area contributed by atoms with Crippen LogP contribution in [0.25, 0.3) is 0 Å². The van der Waals surface area contributed by atoms with E-state index in [2.05, 4.69) is 21.2 Å². The van der Waals surface area contributed by atoms with Crippen LogP contribution in [-0.2, 0) is 0 Å². The number of aliphatic hydroxyl groups excluding tert-OH is 1. The molecular weight excluding hydrogens is 288 g/mol. The van der Waals surface area contributed by atoms with Crippen LogP contribution in [0, 0.1) is 16.0 Å². The zero-order valence-electron chi connectivity index (χ0n) is 9.68. The zero-order chi connectivity index (χ0) is 13.0. The summed E-state index contributed by atoms with van der Waals surface area (Å²) in [5.74, 6) is 0.0218. The van der Waals surface area contributed by atoms with Crippen molar-refractivity contribution in [1.29, 1.82) is 0 Å². The second kappa shape index (κ2) is 5.97. The standard InChI is InChI=1S/C11H15BrN2O3/c1-7(6-15)8(2)13-10-5-9(12)3-4-11(10)14(16)17/h3-5,7-8,13,15H,6H2,1-2H3. The van der Waals surface area contributed by atoms with Crippen LogP contribution in [0.1, 0.15) is 13.8 Å². The number of halogens is 1. The minimum Gasteiger partial charge on any atom is -0.396 e. The highest BCUT2D eigenvalue weighted by atomic mass is 79.9. The first-order valence-electron chi connectivity index (χ1n) is 5.27. The van der Waals surface area contributed by atoms with E-state index in [1.54, 1.807) is 12.1 Å². The van der Waals surface area contributed by atoms with Crippen molar-refractivity contribution in [1.82, 2.24) is 0 Å². The lowest BCUT2D eigenvalue weighted by Crippen LogP contribution is -2.26. The van der Waals surface area contributed by atoms with E-state index in [0.717, 1.165) is 4.47 Å². The number of aliphatic hydroxyl groups is 1. The minimum atomic E-state index is -0.425. The van der Waals surface area contributed by atoms with Crippen molar-refractivity contribution in [3.05, 3.63) is 32.8 Å². The number of benzene rings is 1. The number of nitro benzene ring substituents is 1. The summed E-state index contributed by atoms with van der Waals surface area (Å²) in [4.78, 5) is 10.4. The number of nitro groups is 1. The summed E-state index contributed by atoms with van der Waals surface area (Å²) in [7, 11) is 0. The Morgan fingerprint density at radius 2 is 2.18 bits per heavy atom. The molecule has 1 aromatic carbocycles. The van der Waals surface area contributed by atoms with E-state index in [4.69, 9.17) is 5.11 Å². The van der Waals surface area contributed by atoms with Gasteiger partial charge in [-0.2, -0.15) is 0 Å². The second-order valence-corrected chi connectivity index (χ2v) is 4.93. The maximum atomic E-state index is 10.9. The van der Waals surface area contributed by atoms with Gasteiger partial charge in [0.1, 0.15) is 5.69 Å². The third-order valence-electron chi connectivity index (χ3n) is 2.68. The summed E-state index contributed by atoms with van der Waals surface area (Å²) in [5, 5.41) is 22.9. The molecule has 2 atom stereocenters. The highest BCUT2D eigenvalue weighted by Crippen LogP contribution is 2.29. The van der Waals surface area contributed by atoms with Crippen LogP contribution in [0.5, 0.6) is 0 Å². The van der Waals surface area contributed by atoms with Crippen molar-refractivity contribution >= 4 is 27.3 Å². The number of anilines is 1. The maximum absolute atomic E-state index is 10.9. The fraction of sp³-hybridized carbons (Fsp3) is 0.455. The van der Waals surface area contributed by atoms with Gasteiger partial charge in [0.05, 0.1) is 4.92 Å². The largest absolute Gasteiger partial charge is 0.396 e. The fourth-order valence-electron chi connectivity index (χ4n) is 1.33. The van der Waals surface area contributed by atoms with Crippen molar-refractivity contribution in [2.75, 3.05) is 11.9 Å². The Labute approximate surface area is 108 Å². The molecule has 0 amide bonds. The first-order valence-corrected chi connectivity index (χ1v) is 6.06. The molecule has 0 heterocycles. The van der Waals surface area contributed by atoms with Gasteiger partial charge in [-0.15, -0.1) is 0 Å². The topological polar surface area (TPSA) is 75.4 Å². The summed E-state index contributed by atoms with van der Waals surface area (Å²) >= 11 is 3.28. The lowest BCUT2D eigenvalue weighted by Gasteiger charge is -2.20. The van der Waals surface area contributed by atoms with Gasteiger partial charge >= 0.3 is 0 Å². The van der Waals surface area contributed by atoms with Gasteiger partial charge in [0.25, 0.3) is 5.69 Å². The van der Waals surface area contributed by atoms with E-state index in [1.165, 1.54) is 6.07 Å². The van der Waals surface area contributed by atoms with E-state index in [0.29, 0.717) is 5.69 Å². The van der Waals surface area contributed by atoms with Gasteiger partial charge in [-0.1, -0.05) is 22.9 Å². The molecule has 0 saturated heterocycles. The smallest absolute Gasteiger partial charge is 0.292 e. The third kappa shape index (κ3) is 3.67. The van der Waals surface area contributed by atoms with Gasteiger partial charge in [0, 0.05) is 23.2 Å². The van der Waals surface area contributed by atoms with Crippen LogP contribution in [0.2, 0.25) is 0 Å². The Morgan fingerprint density at radius 3 is 2.71 bits per heavy atom. The van der Waals surface area contributed by atoms with E-state index >= 15 is 0 Å². The minimum absolute atomic E-state index is 0.0218. The molecule has 17 heavy (non-hydrogen) atoms. The molecule has 0 spiro atoms. The fourth-order valence-corrected chi connectivity index (χ4v) is 1.69. The molecule has 0 aliphatic heterocycles. The Balaban J connectivity index is 2.96. The van der Waals surface area contributed by atoms with E-state index in [-0.39, 0.29) is 24.3 Å². The molecule has 0 aliphatic rings. The lowest BCUT2D eigenvalue weighted by atomic mass is 10.0. The van der Waals surface area contributed by atoms with Crippen molar-refractivity contribution in [2.24, 2.45) is 5.92 Å². The predicted molar refractivity (Wildman–Crippen MR) is 70.1 cm³/mol. The molecular formula is C11H15BrN2O3. The molecule has 0 bridgehead atoms. The van der Waals surface area contributed by atoms with E-state index in [9.17, 15) is 10.1 Å². The van der Waals surface area contributed by atoms with Crippen molar-refractivity contribution in [3.8, 4) is 0 Å². The van der Waals surface area contributed by atoms with Crippen LogP contribution in [-0.4, -0.2) is 22.7 Å². The van der Waals surface area contributed by atoms with Gasteiger partial charge < -0.3 is 10.4 Å². The van der Waals surface area contributed by atoms with Crippen LogP contribution in [0.4, 0.5) is 11.4 Å². The highest BCUT2D eigenvalue weighted by molar-refractivity contribution is 9.10. The number of rotatable bonds is 5. The molecule has 0 aliphatic carbocycles. The van der Waals surface area contributed by atoms with E-state index < -0.39 is 4.92 Å². The SMILES string of the molecule is CC(CO)C(C)Nc1cc(Br)ccc1[N+](=O)[O-]. The summed E-state index contributed by atoms with van der Waals surface area (Å²) in [6, 6.07) is 4.69. The normalized spacial score (nSPS) is 14.1.